The lowest BCUT2D eigenvalue weighted by Gasteiger charge is -2.05. The second-order valence-corrected chi connectivity index (χ2v) is 4.16. The Kier molecular flexibility index (Phi) is 5.92. The highest BCUT2D eigenvalue weighted by molar-refractivity contribution is 5.78. The molecule has 6 heteroatoms. The third kappa shape index (κ3) is 6.49. The Labute approximate surface area is 109 Å². The number of nitrogens with one attached hydrogen (secondary N) is 1. The van der Waals surface area contributed by atoms with Gasteiger partial charge in [-0.2, -0.15) is 0 Å². The number of unbranched alkanes of at least 4 members (excludes halogenated alkanes) is 1. The Morgan fingerprint density at radius 1 is 1.11 bits per heavy atom. The average Bonchev–Trinajstić information content (AvgIpc) is 2.26. The predicted molar refractivity (Wildman–Crippen MR) is 64.6 cm³/mol. The van der Waals surface area contributed by atoms with Crippen molar-refractivity contribution in [2.75, 3.05) is 6.54 Å². The maximum Gasteiger partial charge on any atom is 0.303 e. The highest BCUT2D eigenvalue weighted by atomic mass is 19.1. The van der Waals surface area contributed by atoms with Gasteiger partial charge in [-0.05, 0) is 30.5 Å². The first-order chi connectivity index (χ1) is 8.97. The van der Waals surface area contributed by atoms with Gasteiger partial charge >= 0.3 is 5.97 Å². The second kappa shape index (κ2) is 7.45. The van der Waals surface area contributed by atoms with Gasteiger partial charge in [0.05, 0.1) is 6.42 Å². The van der Waals surface area contributed by atoms with Crippen LogP contribution in [-0.2, 0) is 16.0 Å². The number of benzene rings is 1. The third-order valence-corrected chi connectivity index (χ3v) is 2.43. The highest BCUT2D eigenvalue weighted by Crippen LogP contribution is 2.08. The molecule has 0 fully saturated rings. The fraction of sp³-hybridized carbons (Fsp3) is 0.385. The summed E-state index contributed by atoms with van der Waals surface area (Å²) < 4.78 is 25.8. The second-order valence-electron chi connectivity index (χ2n) is 4.16. The van der Waals surface area contributed by atoms with Gasteiger partial charge in [0.25, 0.3) is 0 Å². The molecule has 0 unspecified atom stereocenters. The maximum absolute atomic E-state index is 12.9. The molecule has 0 spiro atoms. The molecule has 1 aromatic rings. The van der Waals surface area contributed by atoms with Gasteiger partial charge in [0.15, 0.2) is 0 Å². The molecule has 0 aliphatic rings. The Hall–Kier alpha value is -1.98. The number of rotatable bonds is 7. The molecule has 0 saturated carbocycles. The zero-order valence-electron chi connectivity index (χ0n) is 10.3. The van der Waals surface area contributed by atoms with Gasteiger partial charge in [0.1, 0.15) is 11.6 Å². The van der Waals surface area contributed by atoms with Crippen LogP contribution in [0.2, 0.25) is 0 Å². The molecule has 0 aliphatic carbocycles. The van der Waals surface area contributed by atoms with Gasteiger partial charge in [-0.1, -0.05) is 0 Å². The van der Waals surface area contributed by atoms with Crippen molar-refractivity contribution in [3.8, 4) is 0 Å². The van der Waals surface area contributed by atoms with E-state index in [9.17, 15) is 18.4 Å². The molecular weight excluding hydrogens is 256 g/mol. The molecule has 0 aromatic heterocycles. The number of hydrogen-bond donors (Lipinski definition) is 2. The van der Waals surface area contributed by atoms with Crippen molar-refractivity contribution >= 4 is 11.9 Å². The van der Waals surface area contributed by atoms with Gasteiger partial charge in [-0.25, -0.2) is 8.78 Å². The minimum atomic E-state index is -0.874. The Bertz CT molecular complexity index is 443. The molecule has 4 nitrogen and oxygen atoms in total. The van der Waals surface area contributed by atoms with Crippen molar-refractivity contribution in [3.63, 3.8) is 0 Å². The first-order valence-electron chi connectivity index (χ1n) is 5.91. The first kappa shape index (κ1) is 15.1. The van der Waals surface area contributed by atoms with Crippen molar-refractivity contribution in [2.24, 2.45) is 0 Å². The van der Waals surface area contributed by atoms with E-state index in [2.05, 4.69) is 5.32 Å². The molecule has 1 rings (SSSR count). The van der Waals surface area contributed by atoms with E-state index in [-0.39, 0.29) is 24.3 Å². The van der Waals surface area contributed by atoms with Gasteiger partial charge in [0, 0.05) is 19.0 Å². The minimum Gasteiger partial charge on any atom is -0.481 e. The van der Waals surface area contributed by atoms with Crippen LogP contribution in [-0.4, -0.2) is 23.5 Å². The number of carboxylic acid groups (broad SMARTS) is 1. The summed E-state index contributed by atoms with van der Waals surface area (Å²) in [6, 6.07) is 2.95. The highest BCUT2D eigenvalue weighted by Gasteiger charge is 2.06. The van der Waals surface area contributed by atoms with Crippen molar-refractivity contribution < 1.29 is 23.5 Å². The van der Waals surface area contributed by atoms with Crippen molar-refractivity contribution in [3.05, 3.63) is 35.4 Å². The van der Waals surface area contributed by atoms with E-state index in [0.29, 0.717) is 19.4 Å². The van der Waals surface area contributed by atoms with Crippen LogP contribution < -0.4 is 5.32 Å². The van der Waals surface area contributed by atoms with Crippen molar-refractivity contribution in [1.29, 1.82) is 0 Å². The zero-order valence-corrected chi connectivity index (χ0v) is 10.3. The number of carboxylic acids is 1. The van der Waals surface area contributed by atoms with E-state index in [0.717, 1.165) is 18.2 Å². The lowest BCUT2D eigenvalue weighted by atomic mass is 10.1. The molecule has 19 heavy (non-hydrogen) atoms. The number of carbonyl (C=O) groups is 2. The van der Waals surface area contributed by atoms with Gasteiger partial charge < -0.3 is 10.4 Å². The molecule has 104 valence electrons. The summed E-state index contributed by atoms with van der Waals surface area (Å²) in [4.78, 5) is 21.7. The van der Waals surface area contributed by atoms with E-state index in [1.165, 1.54) is 0 Å². The molecular formula is C13H15F2NO3. The van der Waals surface area contributed by atoms with E-state index in [1.807, 2.05) is 0 Å². The number of halogens is 2. The van der Waals surface area contributed by atoms with E-state index < -0.39 is 17.6 Å². The molecule has 0 heterocycles. The van der Waals surface area contributed by atoms with Gasteiger partial charge in [0.2, 0.25) is 5.91 Å². The molecule has 1 amide bonds. The van der Waals surface area contributed by atoms with Crippen LogP contribution in [0.4, 0.5) is 8.78 Å². The standard InChI is InChI=1S/C13H15F2NO3/c14-10-5-9(6-11(15)8-10)7-12(17)16-4-2-1-3-13(18)19/h5-6,8H,1-4,7H2,(H,16,17)(H,18,19). The molecule has 0 aliphatic heterocycles. The fourth-order valence-electron chi connectivity index (χ4n) is 1.59. The molecule has 0 bridgehead atoms. The van der Waals surface area contributed by atoms with Gasteiger partial charge in [-0.3, -0.25) is 9.59 Å². The van der Waals surface area contributed by atoms with Crippen molar-refractivity contribution in [2.45, 2.75) is 25.7 Å². The maximum atomic E-state index is 12.9. The van der Waals surface area contributed by atoms with E-state index >= 15 is 0 Å². The Balaban J connectivity index is 2.29. The summed E-state index contributed by atoms with van der Waals surface area (Å²) >= 11 is 0. The van der Waals surface area contributed by atoms with Crippen LogP contribution in [0.15, 0.2) is 18.2 Å². The molecule has 2 N–H and O–H groups in total. The Morgan fingerprint density at radius 3 is 2.32 bits per heavy atom. The van der Waals surface area contributed by atoms with Crippen LogP contribution >= 0.6 is 0 Å². The normalized spacial score (nSPS) is 10.2. The fourth-order valence-corrected chi connectivity index (χ4v) is 1.59. The number of aliphatic carboxylic acids is 1. The molecule has 0 saturated heterocycles. The van der Waals surface area contributed by atoms with Gasteiger partial charge in [-0.15, -0.1) is 0 Å². The molecule has 0 radical (unpaired) electrons. The number of amides is 1. The molecule has 0 atom stereocenters. The monoisotopic (exact) mass is 271 g/mol. The first-order valence-corrected chi connectivity index (χ1v) is 5.91. The van der Waals surface area contributed by atoms with Crippen LogP contribution in [0.3, 0.4) is 0 Å². The summed E-state index contributed by atoms with van der Waals surface area (Å²) in [6.07, 6.45) is 0.984. The summed E-state index contributed by atoms with van der Waals surface area (Å²) in [5.74, 6) is -2.66. The number of carbonyl (C=O) groups excluding carboxylic acids is 1. The molecule has 1 aromatic carbocycles. The predicted octanol–water partition coefficient (Wildman–Crippen LogP) is 1.88. The summed E-state index contributed by atoms with van der Waals surface area (Å²) in [5, 5.41) is 11.0. The summed E-state index contributed by atoms with van der Waals surface area (Å²) in [7, 11) is 0. The van der Waals surface area contributed by atoms with E-state index in [1.54, 1.807) is 0 Å². The summed E-state index contributed by atoms with van der Waals surface area (Å²) in [5.41, 5.74) is 0.264. The minimum absolute atomic E-state index is 0.0605. The summed E-state index contributed by atoms with van der Waals surface area (Å²) in [6.45, 7) is 0.351. The number of hydrogen-bond acceptors (Lipinski definition) is 2. The zero-order chi connectivity index (χ0) is 14.3. The lowest BCUT2D eigenvalue weighted by molar-refractivity contribution is -0.137. The smallest absolute Gasteiger partial charge is 0.303 e. The lowest BCUT2D eigenvalue weighted by Crippen LogP contribution is -2.26. The topological polar surface area (TPSA) is 66.4 Å². The van der Waals surface area contributed by atoms with Crippen LogP contribution in [0.5, 0.6) is 0 Å². The van der Waals surface area contributed by atoms with Crippen LogP contribution in [0.1, 0.15) is 24.8 Å². The quantitative estimate of drug-likeness (QED) is 0.744. The largest absolute Gasteiger partial charge is 0.481 e. The van der Waals surface area contributed by atoms with E-state index in [4.69, 9.17) is 5.11 Å². The Morgan fingerprint density at radius 2 is 1.74 bits per heavy atom. The third-order valence-electron chi connectivity index (χ3n) is 2.43. The average molecular weight is 271 g/mol. The van der Waals surface area contributed by atoms with Crippen LogP contribution in [0.25, 0.3) is 0 Å². The SMILES string of the molecule is O=C(O)CCCCNC(=O)Cc1cc(F)cc(F)c1. The van der Waals surface area contributed by atoms with Crippen molar-refractivity contribution in [1.82, 2.24) is 5.32 Å². The van der Waals surface area contributed by atoms with Crippen LogP contribution in [0, 0.1) is 11.6 Å².